The van der Waals surface area contributed by atoms with E-state index in [0.29, 0.717) is 24.5 Å². The van der Waals surface area contributed by atoms with Crippen molar-refractivity contribution >= 4 is 28.3 Å². The third-order valence-corrected chi connectivity index (χ3v) is 5.49. The number of carbonyl (C=O) groups is 2. The lowest BCUT2D eigenvalue weighted by Crippen LogP contribution is -2.38. The number of aliphatic hydroxyl groups excluding tert-OH is 1. The molecule has 1 amide bonds. The number of imidazole rings is 1. The molecule has 0 bridgehead atoms. The van der Waals surface area contributed by atoms with Gasteiger partial charge in [0.15, 0.2) is 10.8 Å². The molecule has 0 saturated heterocycles. The topological polar surface area (TPSA) is 165 Å². The molecule has 0 fully saturated rings. The Balaban J connectivity index is 1.85. The summed E-state index contributed by atoms with van der Waals surface area (Å²) in [4.78, 5) is 43.6. The van der Waals surface area contributed by atoms with Crippen LogP contribution in [0.25, 0.3) is 11.3 Å². The van der Waals surface area contributed by atoms with Crippen LogP contribution >= 0.6 is 11.3 Å². The van der Waals surface area contributed by atoms with E-state index in [4.69, 9.17) is 9.47 Å². The maximum Gasteiger partial charge on any atom is 0.357 e. The summed E-state index contributed by atoms with van der Waals surface area (Å²) < 4.78 is 15.8. The van der Waals surface area contributed by atoms with Gasteiger partial charge in [-0.2, -0.15) is 0 Å². The van der Waals surface area contributed by atoms with Crippen LogP contribution in [0.1, 0.15) is 23.5 Å². The summed E-state index contributed by atoms with van der Waals surface area (Å²) in [6, 6.07) is 5.07. The number of nitrogens with zero attached hydrogens (tertiary/aromatic N) is 2. The Hall–Kier alpha value is -3.68. The molecule has 0 aliphatic carbocycles. The first-order chi connectivity index (χ1) is 16.3. The van der Waals surface area contributed by atoms with Crippen LogP contribution in [0.2, 0.25) is 0 Å². The molecule has 0 spiro atoms. The van der Waals surface area contributed by atoms with Gasteiger partial charge in [-0.15, -0.1) is 11.3 Å². The molecular weight excluding hydrogens is 468 g/mol. The van der Waals surface area contributed by atoms with Crippen LogP contribution < -0.4 is 15.7 Å². The number of anilines is 1. The molecule has 0 radical (unpaired) electrons. The third-order valence-electron chi connectivity index (χ3n) is 4.73. The molecule has 4 N–H and O–H groups in total. The van der Waals surface area contributed by atoms with Crippen LogP contribution in [0.5, 0.6) is 11.6 Å². The number of nitrogens with one attached hydrogen (secondary N) is 2. The van der Waals surface area contributed by atoms with Gasteiger partial charge < -0.3 is 34.7 Å². The van der Waals surface area contributed by atoms with Crippen molar-refractivity contribution in [2.45, 2.75) is 19.1 Å². The van der Waals surface area contributed by atoms with E-state index in [-0.39, 0.29) is 16.5 Å². The second-order valence-corrected chi connectivity index (χ2v) is 7.93. The van der Waals surface area contributed by atoms with Crippen molar-refractivity contribution in [3.8, 4) is 22.9 Å². The minimum atomic E-state index is -1.49. The van der Waals surface area contributed by atoms with Gasteiger partial charge in [0, 0.05) is 18.1 Å². The number of H-pyrrole nitrogens is 1. The highest BCUT2D eigenvalue weighted by atomic mass is 32.1. The highest BCUT2D eigenvalue weighted by Crippen LogP contribution is 2.31. The number of methoxy groups -OCH3 is 2. The summed E-state index contributed by atoms with van der Waals surface area (Å²) in [6.45, 7) is 2.09. The lowest BCUT2D eigenvalue weighted by molar-refractivity contribution is -0.122. The third kappa shape index (κ3) is 5.44. The molecule has 182 valence electrons. The molecule has 13 heteroatoms. The lowest BCUT2D eigenvalue weighted by Gasteiger charge is -2.20. The molecule has 0 unspecified atom stereocenters. The molecule has 34 heavy (non-hydrogen) atoms. The van der Waals surface area contributed by atoms with Crippen molar-refractivity contribution in [2.75, 3.05) is 32.8 Å². The number of amides is 1. The van der Waals surface area contributed by atoms with E-state index in [1.54, 1.807) is 31.4 Å². The van der Waals surface area contributed by atoms with Crippen molar-refractivity contribution in [3.63, 3.8) is 0 Å². The number of esters is 1. The summed E-state index contributed by atoms with van der Waals surface area (Å²) in [5.41, 5.74) is -0.285. The molecule has 2 atom stereocenters. The first kappa shape index (κ1) is 25.0. The molecule has 3 rings (SSSR count). The molecule has 0 aliphatic heterocycles. The number of aromatic nitrogens is 3. The molecule has 2 heterocycles. The van der Waals surface area contributed by atoms with Crippen molar-refractivity contribution in [3.05, 3.63) is 45.8 Å². The largest absolute Gasteiger partial charge is 0.493 e. The zero-order chi connectivity index (χ0) is 24.8. The molecule has 0 saturated carbocycles. The molecule has 0 aliphatic rings. The minimum Gasteiger partial charge on any atom is -0.493 e. The highest BCUT2D eigenvalue weighted by molar-refractivity contribution is 7.14. The maximum absolute atomic E-state index is 12.9. The van der Waals surface area contributed by atoms with Gasteiger partial charge in [-0.05, 0) is 31.2 Å². The van der Waals surface area contributed by atoms with Crippen LogP contribution in [0.15, 0.2) is 34.4 Å². The normalized spacial score (nSPS) is 12.7. The van der Waals surface area contributed by atoms with E-state index >= 15 is 0 Å². The standard InChI is InChI=1S/C21H24N4O8S/c1-11(26)16(17(27)24-20-22-14(10-34-20)19(29)32-3)25-18(28)15(23-21(25)30)12-4-6-13(7-5-12)33-9-8-31-2/h4-7,10-11,16,26,28H,8-9H2,1-3H3,(H,23,30)(H,22,24,27)/t11-,16+/m1/s1. The first-order valence-electron chi connectivity index (χ1n) is 10.0. The summed E-state index contributed by atoms with van der Waals surface area (Å²) in [5.74, 6) is -1.46. The molecule has 3 aromatic rings. The number of aliphatic hydroxyl groups is 1. The Morgan fingerprint density at radius 3 is 2.56 bits per heavy atom. The van der Waals surface area contributed by atoms with Crippen molar-refractivity contribution in [2.24, 2.45) is 0 Å². The second-order valence-electron chi connectivity index (χ2n) is 7.07. The number of aromatic amines is 1. The average molecular weight is 493 g/mol. The lowest BCUT2D eigenvalue weighted by atomic mass is 10.1. The Kier molecular flexibility index (Phi) is 8.04. The fraction of sp³-hybridized carbons (Fsp3) is 0.333. The summed E-state index contributed by atoms with van der Waals surface area (Å²) >= 11 is 0.962. The fourth-order valence-electron chi connectivity index (χ4n) is 3.12. The summed E-state index contributed by atoms with van der Waals surface area (Å²) in [7, 11) is 2.76. The maximum atomic E-state index is 12.9. The average Bonchev–Trinajstić information content (AvgIpc) is 3.39. The predicted molar refractivity (Wildman–Crippen MR) is 122 cm³/mol. The SMILES string of the molecule is COCCOc1ccc(-c2[nH]c(=O)n([C@H](C(=O)Nc3nc(C(=O)OC)cs3)[C@@H](C)O)c2O)cc1. The van der Waals surface area contributed by atoms with Gasteiger partial charge in [-0.25, -0.2) is 19.1 Å². The minimum absolute atomic E-state index is 0.00464. The van der Waals surface area contributed by atoms with E-state index in [1.165, 1.54) is 19.4 Å². The number of ether oxygens (including phenoxy) is 3. The van der Waals surface area contributed by atoms with E-state index in [0.717, 1.165) is 15.9 Å². The zero-order valence-electron chi connectivity index (χ0n) is 18.6. The molecular formula is C21H24N4O8S. The highest BCUT2D eigenvalue weighted by Gasteiger charge is 2.32. The van der Waals surface area contributed by atoms with Gasteiger partial charge in [-0.3, -0.25) is 4.79 Å². The number of rotatable bonds is 10. The van der Waals surface area contributed by atoms with Crippen molar-refractivity contribution in [1.29, 1.82) is 0 Å². The summed E-state index contributed by atoms with van der Waals surface area (Å²) in [5, 5.41) is 24.9. The van der Waals surface area contributed by atoms with Crippen LogP contribution in [0.4, 0.5) is 5.13 Å². The van der Waals surface area contributed by atoms with E-state index < -0.39 is 35.6 Å². The summed E-state index contributed by atoms with van der Waals surface area (Å²) in [6.07, 6.45) is -1.36. The monoisotopic (exact) mass is 492 g/mol. The Morgan fingerprint density at radius 1 is 1.24 bits per heavy atom. The van der Waals surface area contributed by atoms with Gasteiger partial charge in [-0.1, -0.05) is 0 Å². The van der Waals surface area contributed by atoms with Gasteiger partial charge in [0.2, 0.25) is 5.88 Å². The molecule has 12 nitrogen and oxygen atoms in total. The van der Waals surface area contributed by atoms with E-state index in [9.17, 15) is 24.6 Å². The van der Waals surface area contributed by atoms with Crippen LogP contribution in [-0.2, 0) is 14.3 Å². The number of hydrogen-bond donors (Lipinski definition) is 4. The molecule has 2 aromatic heterocycles. The fourth-order valence-corrected chi connectivity index (χ4v) is 3.80. The van der Waals surface area contributed by atoms with Gasteiger partial charge in [0.1, 0.15) is 24.1 Å². The smallest absolute Gasteiger partial charge is 0.357 e. The van der Waals surface area contributed by atoms with E-state index in [2.05, 4.69) is 20.0 Å². The van der Waals surface area contributed by atoms with E-state index in [1.807, 2.05) is 0 Å². The number of hydrogen-bond acceptors (Lipinski definition) is 10. The number of thiazole rings is 1. The molecule has 1 aromatic carbocycles. The van der Waals surface area contributed by atoms with Crippen LogP contribution in [0, 0.1) is 0 Å². The predicted octanol–water partition coefficient (Wildman–Crippen LogP) is 1.38. The van der Waals surface area contributed by atoms with Gasteiger partial charge in [0.05, 0.1) is 19.8 Å². The first-order valence-corrected chi connectivity index (χ1v) is 10.9. The number of carbonyl (C=O) groups excluding carboxylic acids is 2. The Morgan fingerprint density at radius 2 is 1.94 bits per heavy atom. The van der Waals surface area contributed by atoms with Gasteiger partial charge in [0.25, 0.3) is 5.91 Å². The zero-order valence-corrected chi connectivity index (χ0v) is 19.4. The number of aromatic hydroxyl groups is 1. The van der Waals surface area contributed by atoms with Crippen molar-refractivity contribution in [1.82, 2.24) is 14.5 Å². The number of benzene rings is 1. The van der Waals surface area contributed by atoms with Crippen LogP contribution in [0.3, 0.4) is 0 Å². The van der Waals surface area contributed by atoms with Crippen molar-refractivity contribution < 1.29 is 34.0 Å². The van der Waals surface area contributed by atoms with Crippen LogP contribution in [-0.4, -0.2) is 70.2 Å². The second kappa shape index (κ2) is 11.0. The van der Waals surface area contributed by atoms with Gasteiger partial charge >= 0.3 is 11.7 Å². The quantitative estimate of drug-likeness (QED) is 0.242. The Bertz CT molecular complexity index is 1200. The Labute approximate surface area is 197 Å².